The minimum absolute atomic E-state index is 0.194. The summed E-state index contributed by atoms with van der Waals surface area (Å²) in [5.41, 5.74) is 2.01. The Bertz CT molecular complexity index is 946. The molecule has 1 unspecified atom stereocenters. The van der Waals surface area contributed by atoms with E-state index >= 15 is 0 Å². The Morgan fingerprint density at radius 3 is 2.85 bits per heavy atom. The number of ether oxygens (including phenoxy) is 2. The van der Waals surface area contributed by atoms with Crippen LogP contribution in [-0.2, 0) is 28.0 Å². The zero-order valence-electron chi connectivity index (χ0n) is 15.5. The predicted molar refractivity (Wildman–Crippen MR) is 101 cm³/mol. The molecule has 1 saturated heterocycles. The van der Waals surface area contributed by atoms with E-state index in [4.69, 9.17) is 9.47 Å². The molecule has 8 heteroatoms. The van der Waals surface area contributed by atoms with Crippen molar-refractivity contribution >= 4 is 15.8 Å². The number of nitrogens with zero attached hydrogens (tertiary/aromatic N) is 3. The average molecular weight is 389 g/mol. The maximum Gasteiger partial charge on any atom is 0.243 e. The summed E-state index contributed by atoms with van der Waals surface area (Å²) < 4.78 is 39.0. The lowest BCUT2D eigenvalue weighted by atomic mass is 10.1. The summed E-state index contributed by atoms with van der Waals surface area (Å²) in [4.78, 5) is 6.53. The van der Waals surface area contributed by atoms with Crippen molar-refractivity contribution < 1.29 is 17.9 Å². The fourth-order valence-electron chi connectivity index (χ4n) is 3.46. The molecule has 2 aliphatic heterocycles. The van der Waals surface area contributed by atoms with Crippen molar-refractivity contribution in [3.8, 4) is 5.75 Å². The van der Waals surface area contributed by atoms with Crippen molar-refractivity contribution in [2.75, 3.05) is 32.1 Å². The normalized spacial score (nSPS) is 19.9. The minimum Gasteiger partial charge on any atom is -0.485 e. The molecule has 4 rings (SSSR count). The average Bonchev–Trinajstić information content (AvgIpc) is 3.30. The van der Waals surface area contributed by atoms with E-state index in [9.17, 15) is 8.42 Å². The summed E-state index contributed by atoms with van der Waals surface area (Å²) in [6, 6.07) is 8.93. The second kappa shape index (κ2) is 7.10. The van der Waals surface area contributed by atoms with E-state index in [1.807, 2.05) is 37.2 Å². The van der Waals surface area contributed by atoms with Gasteiger partial charge in [-0.05, 0) is 41.8 Å². The quantitative estimate of drug-likeness (QED) is 0.779. The number of hydrogen-bond donors (Lipinski definition) is 0. The van der Waals surface area contributed by atoms with Crippen LogP contribution in [0.15, 0.2) is 41.4 Å². The van der Waals surface area contributed by atoms with Crippen molar-refractivity contribution in [3.63, 3.8) is 0 Å². The Kier molecular flexibility index (Phi) is 4.79. The van der Waals surface area contributed by atoms with Crippen LogP contribution in [0.4, 0.5) is 5.82 Å². The molecule has 2 aromatic rings. The molecule has 144 valence electrons. The van der Waals surface area contributed by atoms with Crippen LogP contribution in [0.5, 0.6) is 5.75 Å². The molecule has 1 aromatic heterocycles. The second-order valence-corrected chi connectivity index (χ2v) is 8.97. The first-order chi connectivity index (χ1) is 12.9. The topological polar surface area (TPSA) is 72.0 Å². The third kappa shape index (κ3) is 3.52. The second-order valence-electron chi connectivity index (χ2n) is 7.03. The Morgan fingerprint density at radius 2 is 2.04 bits per heavy atom. The van der Waals surface area contributed by atoms with Crippen molar-refractivity contribution in [1.82, 2.24) is 9.29 Å². The molecule has 7 nitrogen and oxygen atoms in total. The third-order valence-electron chi connectivity index (χ3n) is 4.91. The fraction of sp³-hybridized carbons (Fsp3) is 0.421. The molecule has 0 radical (unpaired) electrons. The fourth-order valence-corrected chi connectivity index (χ4v) is 5.00. The zero-order valence-corrected chi connectivity index (χ0v) is 16.3. The van der Waals surface area contributed by atoms with E-state index in [0.717, 1.165) is 16.9 Å². The van der Waals surface area contributed by atoms with E-state index in [2.05, 4.69) is 4.98 Å². The molecular formula is C19H23N3O4S. The first-order valence-electron chi connectivity index (χ1n) is 8.94. The van der Waals surface area contributed by atoms with Gasteiger partial charge in [-0.1, -0.05) is 6.07 Å². The van der Waals surface area contributed by atoms with Gasteiger partial charge in [0, 0.05) is 26.8 Å². The Labute approximate surface area is 159 Å². The highest BCUT2D eigenvalue weighted by Gasteiger charge is 2.34. The highest BCUT2D eigenvalue weighted by Crippen LogP contribution is 2.30. The largest absolute Gasteiger partial charge is 0.485 e. The molecule has 0 saturated carbocycles. The van der Waals surface area contributed by atoms with Crippen molar-refractivity contribution in [2.45, 2.75) is 30.6 Å². The number of aromatic nitrogens is 1. The molecule has 0 spiro atoms. The van der Waals surface area contributed by atoms with Crippen LogP contribution >= 0.6 is 0 Å². The first-order valence-corrected chi connectivity index (χ1v) is 10.4. The van der Waals surface area contributed by atoms with Crippen LogP contribution in [-0.4, -0.2) is 51.0 Å². The van der Waals surface area contributed by atoms with Gasteiger partial charge in [0.1, 0.15) is 6.10 Å². The van der Waals surface area contributed by atoms with E-state index in [-0.39, 0.29) is 6.10 Å². The van der Waals surface area contributed by atoms with Gasteiger partial charge >= 0.3 is 0 Å². The summed E-state index contributed by atoms with van der Waals surface area (Å²) in [6.45, 7) is 1.79. The summed E-state index contributed by atoms with van der Waals surface area (Å²) in [7, 11) is 0.262. The molecule has 27 heavy (non-hydrogen) atoms. The van der Waals surface area contributed by atoms with Crippen molar-refractivity contribution in [2.24, 2.45) is 0 Å². The summed E-state index contributed by atoms with van der Waals surface area (Å²) in [5, 5.41) is 0. The molecule has 2 aliphatic rings. The maximum absolute atomic E-state index is 13.0. The van der Waals surface area contributed by atoms with Gasteiger partial charge in [0.25, 0.3) is 0 Å². The Morgan fingerprint density at radius 1 is 1.22 bits per heavy atom. The smallest absolute Gasteiger partial charge is 0.243 e. The zero-order chi connectivity index (χ0) is 19.0. The van der Waals surface area contributed by atoms with Gasteiger partial charge in [-0.2, -0.15) is 4.31 Å². The Balaban J connectivity index is 1.49. The van der Waals surface area contributed by atoms with Crippen LogP contribution < -0.4 is 9.64 Å². The van der Waals surface area contributed by atoms with Gasteiger partial charge < -0.3 is 14.4 Å². The number of anilines is 1. The van der Waals surface area contributed by atoms with Crippen LogP contribution in [0.1, 0.15) is 17.5 Å². The highest BCUT2D eigenvalue weighted by molar-refractivity contribution is 7.89. The van der Waals surface area contributed by atoms with E-state index in [1.165, 1.54) is 4.31 Å². The minimum atomic E-state index is -3.54. The lowest BCUT2D eigenvalue weighted by Gasteiger charge is -2.20. The monoisotopic (exact) mass is 389 g/mol. The van der Waals surface area contributed by atoms with Gasteiger partial charge in [-0.25, -0.2) is 13.4 Å². The Hall–Kier alpha value is -2.16. The molecule has 3 heterocycles. The molecular weight excluding hydrogens is 366 g/mol. The SMILES string of the molecule is CN(C)c1ncccc1OC1CCN(S(=O)(=O)c2ccc3c(c2)COC3)C1. The number of rotatable bonds is 5. The van der Waals surface area contributed by atoms with Gasteiger partial charge in [0.2, 0.25) is 10.0 Å². The van der Waals surface area contributed by atoms with Crippen LogP contribution in [0.25, 0.3) is 0 Å². The predicted octanol–water partition coefficient (Wildman–Crippen LogP) is 2.02. The maximum atomic E-state index is 13.0. The first kappa shape index (κ1) is 18.2. The standard InChI is InChI=1S/C19H23N3O4S/c1-21(2)19-18(4-3-8-20-19)26-16-7-9-22(11-16)27(23,24)17-6-5-14-12-25-13-15(14)10-17/h3-6,8,10,16H,7,9,11-13H2,1-2H3. The number of sulfonamides is 1. The molecule has 0 amide bonds. The molecule has 1 aromatic carbocycles. The van der Waals surface area contributed by atoms with Gasteiger partial charge in [0.15, 0.2) is 11.6 Å². The number of benzene rings is 1. The van der Waals surface area contributed by atoms with Crippen molar-refractivity contribution in [1.29, 1.82) is 0 Å². The van der Waals surface area contributed by atoms with Gasteiger partial charge in [-0.3, -0.25) is 0 Å². The van der Waals surface area contributed by atoms with Crippen LogP contribution in [0, 0.1) is 0 Å². The van der Waals surface area contributed by atoms with Crippen LogP contribution in [0.3, 0.4) is 0 Å². The molecule has 1 atom stereocenters. The number of hydrogen-bond acceptors (Lipinski definition) is 6. The molecule has 0 N–H and O–H groups in total. The molecule has 0 bridgehead atoms. The highest BCUT2D eigenvalue weighted by atomic mass is 32.2. The number of fused-ring (bicyclic) bond motifs is 1. The van der Waals surface area contributed by atoms with E-state index < -0.39 is 10.0 Å². The summed E-state index contributed by atoms with van der Waals surface area (Å²) in [6.07, 6.45) is 2.17. The summed E-state index contributed by atoms with van der Waals surface area (Å²) in [5.74, 6) is 1.40. The van der Waals surface area contributed by atoms with Gasteiger partial charge in [0.05, 0.1) is 24.7 Å². The van der Waals surface area contributed by atoms with Crippen LogP contribution in [0.2, 0.25) is 0 Å². The number of pyridine rings is 1. The molecule has 0 aliphatic carbocycles. The van der Waals surface area contributed by atoms with E-state index in [0.29, 0.717) is 43.4 Å². The van der Waals surface area contributed by atoms with Gasteiger partial charge in [-0.15, -0.1) is 0 Å². The third-order valence-corrected chi connectivity index (χ3v) is 6.77. The lowest BCUT2D eigenvalue weighted by molar-refractivity contribution is 0.134. The summed E-state index contributed by atoms with van der Waals surface area (Å²) >= 11 is 0. The van der Waals surface area contributed by atoms with Crippen molar-refractivity contribution in [3.05, 3.63) is 47.7 Å². The molecule has 1 fully saturated rings. The lowest BCUT2D eigenvalue weighted by Crippen LogP contribution is -2.31. The van der Waals surface area contributed by atoms with E-state index in [1.54, 1.807) is 18.3 Å².